The highest BCUT2D eigenvalue weighted by Gasteiger charge is 2.30. The van der Waals surface area contributed by atoms with Crippen LogP contribution in [0, 0.1) is 0 Å². The van der Waals surface area contributed by atoms with Crippen LogP contribution in [0.5, 0.6) is 0 Å². The molecule has 62 heavy (non-hydrogen) atoms. The number of benzene rings is 3. The first-order valence-corrected chi connectivity index (χ1v) is 20.3. The van der Waals surface area contributed by atoms with E-state index in [1.54, 1.807) is 18.7 Å². The Morgan fingerprint density at radius 2 is 0.919 bits per heavy atom. The van der Waals surface area contributed by atoms with Crippen LogP contribution in [0.4, 0.5) is 25.1 Å². The number of hydrogen-bond donors (Lipinski definition) is 2. The number of alkyl halides is 3. The molecule has 2 fully saturated rings. The molecule has 0 radical (unpaired) electrons. The Bertz CT molecular complexity index is 2990. The summed E-state index contributed by atoms with van der Waals surface area (Å²) in [6.07, 6.45) is -4.42. The first kappa shape index (κ1) is 42.0. The number of nitrogens with zero attached hydrogens (tertiary/aromatic N) is 10. The molecule has 16 nitrogen and oxygen atoms in total. The van der Waals surface area contributed by atoms with Crippen molar-refractivity contribution in [3.05, 3.63) is 137 Å². The minimum absolute atomic E-state index is 0.154. The van der Waals surface area contributed by atoms with Crippen molar-refractivity contribution in [2.45, 2.75) is 19.3 Å². The first-order valence-electron chi connectivity index (χ1n) is 20.3. The van der Waals surface area contributed by atoms with Gasteiger partial charge in [-0.2, -0.15) is 23.1 Å². The van der Waals surface area contributed by atoms with Crippen LogP contribution < -0.4 is 42.9 Å². The van der Waals surface area contributed by atoms with Gasteiger partial charge in [0.2, 0.25) is 11.9 Å². The van der Waals surface area contributed by atoms with E-state index in [1.165, 1.54) is 35.4 Å². The van der Waals surface area contributed by atoms with Gasteiger partial charge in [0.1, 0.15) is 0 Å². The smallest absolute Gasteiger partial charge is 0.340 e. The van der Waals surface area contributed by atoms with E-state index in [0.717, 1.165) is 83.2 Å². The predicted octanol–water partition coefficient (Wildman–Crippen LogP) is 2.47. The Labute approximate surface area is 352 Å². The third-order valence-corrected chi connectivity index (χ3v) is 11.5. The molecule has 2 aliphatic heterocycles. The van der Waals surface area contributed by atoms with Crippen molar-refractivity contribution in [1.29, 1.82) is 0 Å². The molecule has 0 amide bonds. The molecular weight excluding hydrogens is 806 g/mol. The van der Waals surface area contributed by atoms with Gasteiger partial charge < -0.3 is 20.4 Å². The maximum Gasteiger partial charge on any atom is 0.416 e. The normalized spacial score (nSPS) is 14.7. The first-order chi connectivity index (χ1) is 29.7. The zero-order chi connectivity index (χ0) is 43.9. The molecule has 3 aromatic carbocycles. The van der Waals surface area contributed by atoms with E-state index < -0.39 is 23.0 Å². The third-order valence-electron chi connectivity index (χ3n) is 11.5. The minimum atomic E-state index is -4.42. The fourth-order valence-corrected chi connectivity index (χ4v) is 7.98. The molecule has 6 heterocycles. The van der Waals surface area contributed by atoms with E-state index in [-0.39, 0.29) is 29.0 Å². The van der Waals surface area contributed by atoms with Gasteiger partial charge in [0.15, 0.2) is 22.3 Å². The van der Waals surface area contributed by atoms with Gasteiger partial charge in [-0.05, 0) is 34.4 Å². The number of anilines is 2. The second-order valence-corrected chi connectivity index (χ2v) is 15.5. The molecule has 0 aliphatic carbocycles. The Morgan fingerprint density at radius 1 is 0.532 bits per heavy atom. The van der Waals surface area contributed by atoms with Crippen LogP contribution >= 0.6 is 0 Å². The maximum absolute atomic E-state index is 13.1. The zero-order valence-electron chi connectivity index (χ0n) is 34.8. The standard InChI is InChI=1S/C24H26N6O2.C19H21F3N6O2/c1-27-21-20(22(31)28(2)24(27)32)30(23(26-21)29-14-12-25-13-15-29)16-17-8-10-19(11-9-17)18-6-4-3-5-7-18;1-25-15-14(16(29)26(2)18(25)30)28(17(24-15)27-9-7-23-8-10-27)11-12-3-5-13(6-4-12)19(20,21)22/h3-11,25H,12-16H2,1-2H3;3-6,23H,7-11H2,1-2H3. The molecule has 19 heteroatoms. The summed E-state index contributed by atoms with van der Waals surface area (Å²) < 4.78 is 47.2. The summed E-state index contributed by atoms with van der Waals surface area (Å²) >= 11 is 0. The van der Waals surface area contributed by atoms with Gasteiger partial charge in [0.05, 0.1) is 18.7 Å². The Hall–Kier alpha value is -6.73. The van der Waals surface area contributed by atoms with E-state index in [4.69, 9.17) is 4.98 Å². The fourth-order valence-electron chi connectivity index (χ4n) is 7.98. The number of imidazole rings is 2. The highest BCUT2D eigenvalue weighted by Crippen LogP contribution is 2.30. The monoisotopic (exact) mass is 852 g/mol. The molecule has 2 N–H and O–H groups in total. The molecule has 0 bridgehead atoms. The highest BCUT2D eigenvalue weighted by atomic mass is 19.4. The van der Waals surface area contributed by atoms with Crippen molar-refractivity contribution in [3.63, 3.8) is 0 Å². The van der Waals surface area contributed by atoms with Gasteiger partial charge in [-0.15, -0.1) is 0 Å². The number of fused-ring (bicyclic) bond motifs is 2. The van der Waals surface area contributed by atoms with Crippen LogP contribution in [-0.2, 0) is 47.5 Å². The van der Waals surface area contributed by atoms with E-state index in [2.05, 4.69) is 56.9 Å². The number of halogens is 3. The third kappa shape index (κ3) is 7.95. The fraction of sp³-hybridized carbons (Fsp3) is 0.349. The molecule has 0 spiro atoms. The second-order valence-electron chi connectivity index (χ2n) is 15.5. The lowest BCUT2D eigenvalue weighted by atomic mass is 10.0. The molecule has 0 unspecified atom stereocenters. The number of rotatable bonds is 7. The molecule has 0 saturated carbocycles. The highest BCUT2D eigenvalue weighted by molar-refractivity contribution is 5.76. The summed E-state index contributed by atoms with van der Waals surface area (Å²) in [5.74, 6) is 1.25. The number of piperazine rings is 2. The second kappa shape index (κ2) is 17.0. The lowest BCUT2D eigenvalue weighted by molar-refractivity contribution is -0.137. The number of aryl methyl sites for hydroxylation is 2. The number of hydrogen-bond acceptors (Lipinski definition) is 10. The molecule has 324 valence electrons. The van der Waals surface area contributed by atoms with Crippen molar-refractivity contribution in [2.24, 2.45) is 28.2 Å². The van der Waals surface area contributed by atoms with E-state index >= 15 is 0 Å². The predicted molar refractivity (Wildman–Crippen MR) is 232 cm³/mol. The summed E-state index contributed by atoms with van der Waals surface area (Å²) in [6, 6.07) is 23.4. The van der Waals surface area contributed by atoms with Crippen LogP contribution in [0.3, 0.4) is 0 Å². The lowest BCUT2D eigenvalue weighted by Gasteiger charge is -2.28. The average Bonchev–Trinajstić information content (AvgIpc) is 3.86. The molecule has 2 saturated heterocycles. The Kier molecular flexibility index (Phi) is 11.5. The molecule has 2 aliphatic rings. The summed E-state index contributed by atoms with van der Waals surface area (Å²) in [5, 5.41) is 6.59. The molecule has 0 atom stereocenters. The average molecular weight is 853 g/mol. The topological polar surface area (TPSA) is 154 Å². The van der Waals surface area contributed by atoms with E-state index in [9.17, 15) is 32.3 Å². The minimum Gasteiger partial charge on any atom is -0.340 e. The molecule has 7 aromatic rings. The van der Waals surface area contributed by atoms with E-state index in [0.29, 0.717) is 42.3 Å². The summed E-state index contributed by atoms with van der Waals surface area (Å²) in [6.45, 7) is 6.74. The van der Waals surface area contributed by atoms with Gasteiger partial charge in [-0.3, -0.25) is 37.0 Å². The molecule has 9 rings (SSSR count). The van der Waals surface area contributed by atoms with Crippen LogP contribution in [0.1, 0.15) is 16.7 Å². The number of aromatic nitrogens is 8. The van der Waals surface area contributed by atoms with Crippen LogP contribution in [0.2, 0.25) is 0 Å². The van der Waals surface area contributed by atoms with E-state index in [1.807, 2.05) is 27.7 Å². The van der Waals surface area contributed by atoms with Gasteiger partial charge >= 0.3 is 17.6 Å². The van der Waals surface area contributed by atoms with Gasteiger partial charge in [0, 0.05) is 80.5 Å². The van der Waals surface area contributed by atoms with Crippen LogP contribution in [0.25, 0.3) is 33.5 Å². The quantitative estimate of drug-likeness (QED) is 0.245. The largest absolute Gasteiger partial charge is 0.416 e. The summed E-state index contributed by atoms with van der Waals surface area (Å²) in [4.78, 5) is 64.4. The van der Waals surface area contributed by atoms with Crippen molar-refractivity contribution in [3.8, 4) is 11.1 Å². The van der Waals surface area contributed by atoms with Crippen molar-refractivity contribution >= 4 is 34.2 Å². The van der Waals surface area contributed by atoms with Gasteiger partial charge in [0.25, 0.3) is 11.1 Å². The Morgan fingerprint density at radius 3 is 1.32 bits per heavy atom. The molecule has 4 aromatic heterocycles. The SMILES string of the molecule is Cn1c(=O)c2c(nc(N3CCNCC3)n2Cc2ccc(-c3ccccc3)cc2)n(C)c1=O.Cn1c(=O)c2c(nc(N3CCNCC3)n2Cc2ccc(C(F)(F)F)cc2)n(C)c1=O. The number of nitrogens with one attached hydrogen (secondary N) is 2. The summed E-state index contributed by atoms with van der Waals surface area (Å²) in [5.41, 5.74) is 2.94. The Balaban J connectivity index is 0.000000171. The molecular formula is C43H47F3N12O4. The van der Waals surface area contributed by atoms with Crippen molar-refractivity contribution in [2.75, 3.05) is 62.2 Å². The van der Waals surface area contributed by atoms with Gasteiger partial charge in [-0.1, -0.05) is 66.7 Å². The van der Waals surface area contributed by atoms with Crippen LogP contribution in [0.15, 0.2) is 98.0 Å². The van der Waals surface area contributed by atoms with Crippen molar-refractivity contribution < 1.29 is 13.2 Å². The zero-order valence-corrected chi connectivity index (χ0v) is 34.8. The van der Waals surface area contributed by atoms with Crippen molar-refractivity contribution in [1.82, 2.24) is 48.0 Å². The van der Waals surface area contributed by atoms with Crippen LogP contribution in [-0.4, -0.2) is 89.7 Å². The summed E-state index contributed by atoms with van der Waals surface area (Å²) in [7, 11) is 6.11. The lowest BCUT2D eigenvalue weighted by Crippen LogP contribution is -2.44. The maximum atomic E-state index is 13.1. The van der Waals surface area contributed by atoms with Gasteiger partial charge in [-0.25, -0.2) is 9.59 Å².